The van der Waals surface area contributed by atoms with Gasteiger partial charge in [-0.3, -0.25) is 0 Å². The molecular weight excluding hydrogens is 707 g/mol. The van der Waals surface area contributed by atoms with Crippen molar-refractivity contribution in [3.63, 3.8) is 0 Å². The van der Waals surface area contributed by atoms with Crippen LogP contribution in [0.5, 0.6) is 0 Å². The van der Waals surface area contributed by atoms with Crippen molar-refractivity contribution >= 4 is 187 Å². The van der Waals surface area contributed by atoms with E-state index in [0.29, 0.717) is 17.5 Å². The second kappa shape index (κ2) is 13.8. The molecule has 0 bridgehead atoms. The third-order valence-electron chi connectivity index (χ3n) is 13.9. The number of hydrogen-bond donors (Lipinski definition) is 0. The molecule has 14 heteroatoms. The predicted molar refractivity (Wildman–Crippen MR) is 283 cm³/mol. The van der Waals surface area contributed by atoms with Crippen molar-refractivity contribution in [1.82, 2.24) is 15.0 Å². The molecule has 2 heterocycles. The minimum absolute atomic E-state index is 0.630. The molecule has 8 aromatic carbocycles. The van der Waals surface area contributed by atoms with Gasteiger partial charge < -0.3 is 4.42 Å². The summed E-state index contributed by atoms with van der Waals surface area (Å²) in [5.74, 6) is 2.03. The van der Waals surface area contributed by atoms with E-state index in [2.05, 4.69) is 182 Å². The average Bonchev–Trinajstić information content (AvgIpc) is 3.64. The van der Waals surface area contributed by atoms with Gasteiger partial charge >= 0.3 is 0 Å². The van der Waals surface area contributed by atoms with Crippen LogP contribution in [-0.4, -0.2) is 93.4 Å². The lowest BCUT2D eigenvalue weighted by Crippen LogP contribution is -2.55. The molecule has 0 aliphatic rings. The summed E-state index contributed by atoms with van der Waals surface area (Å²) in [5.41, 5.74) is 19.5. The molecule has 10 rings (SSSR count). The van der Waals surface area contributed by atoms with Crippen LogP contribution in [0, 0.1) is 0 Å². The maximum absolute atomic E-state index is 6.72. The molecule has 0 saturated heterocycles. The molecule has 0 N–H and O–H groups in total. The molecule has 59 heavy (non-hydrogen) atoms. The molecule has 0 aliphatic carbocycles. The zero-order valence-electron chi connectivity index (χ0n) is 35.6. The van der Waals surface area contributed by atoms with Gasteiger partial charge in [0, 0.05) is 27.5 Å². The van der Waals surface area contributed by atoms with E-state index in [9.17, 15) is 0 Å². The minimum Gasteiger partial charge on any atom is -0.456 e. The van der Waals surface area contributed by atoms with Gasteiger partial charge in [0.25, 0.3) is 0 Å². The van der Waals surface area contributed by atoms with Crippen molar-refractivity contribution < 1.29 is 4.42 Å². The van der Waals surface area contributed by atoms with Gasteiger partial charge in [-0.15, -0.1) is 32.8 Å². The Kier molecular flexibility index (Phi) is 8.72. The normalized spacial score (nSPS) is 11.7. The van der Waals surface area contributed by atoms with E-state index in [4.69, 9.17) is 19.4 Å². The van der Waals surface area contributed by atoms with Gasteiger partial charge in [-0.1, -0.05) is 101 Å². The van der Waals surface area contributed by atoms with Crippen molar-refractivity contribution in [2.75, 3.05) is 0 Å². The number of fused-ring (bicyclic) bond motifs is 9. The van der Waals surface area contributed by atoms with Gasteiger partial charge in [0.1, 0.15) is 89.6 Å². The topological polar surface area (TPSA) is 51.8 Å². The van der Waals surface area contributed by atoms with E-state index in [0.717, 1.165) is 49.8 Å². The zero-order chi connectivity index (χ0) is 41.0. The number of nitrogens with zero attached hydrogens (tertiary/aromatic N) is 3. The van der Waals surface area contributed by atoms with Crippen molar-refractivity contribution in [2.24, 2.45) is 0 Å². The SMILES string of the molecule is Bc1c(B)c(B)c(-c2nc(-c3ccc4c(c3)oc3cccc(-c5ccc6c7ccccc7c7ccccc7c6c5)c34)nc(-c3c(B)c(B)c(B)c(B)c3B)n2)c(B)c1B. The highest BCUT2D eigenvalue weighted by Crippen LogP contribution is 2.41. The monoisotopic (exact) mass is 745 g/mol. The van der Waals surface area contributed by atoms with E-state index in [1.54, 1.807) is 0 Å². The fourth-order valence-electron chi connectivity index (χ4n) is 9.68. The van der Waals surface area contributed by atoms with Gasteiger partial charge in [-0.05, 0) is 67.7 Å². The molecule has 0 amide bonds. The lowest BCUT2D eigenvalue weighted by Gasteiger charge is -2.22. The third kappa shape index (κ3) is 5.63. The second-order valence-corrected chi connectivity index (χ2v) is 16.6. The average molecular weight is 744 g/mol. The van der Waals surface area contributed by atoms with Gasteiger partial charge in [0.2, 0.25) is 0 Å². The van der Waals surface area contributed by atoms with Gasteiger partial charge in [-0.2, -0.15) is 0 Å². The summed E-state index contributed by atoms with van der Waals surface area (Å²) in [6.45, 7) is 0. The Hall–Kier alpha value is -6.00. The van der Waals surface area contributed by atoms with Crippen LogP contribution in [0.4, 0.5) is 0 Å². The smallest absolute Gasteiger partial charge is 0.164 e. The van der Waals surface area contributed by atoms with Crippen LogP contribution < -0.4 is 54.6 Å². The Balaban J connectivity index is 1.18. The quantitative estimate of drug-likeness (QED) is 0.134. The van der Waals surface area contributed by atoms with Crippen molar-refractivity contribution in [2.45, 2.75) is 0 Å². The highest BCUT2D eigenvalue weighted by Gasteiger charge is 2.23. The predicted octanol–water partition coefficient (Wildman–Crippen LogP) is -5.52. The summed E-state index contributed by atoms with van der Waals surface area (Å²) in [6, 6.07) is 37.2. The molecule has 0 atom stereocenters. The number of aromatic nitrogens is 3. The van der Waals surface area contributed by atoms with Crippen LogP contribution in [-0.2, 0) is 0 Å². The zero-order valence-corrected chi connectivity index (χ0v) is 35.6. The Morgan fingerprint density at radius 3 is 1.27 bits per heavy atom. The van der Waals surface area contributed by atoms with E-state index < -0.39 is 0 Å². The third-order valence-corrected chi connectivity index (χ3v) is 13.9. The first kappa shape index (κ1) is 37.3. The molecule has 0 saturated carbocycles. The van der Waals surface area contributed by atoms with Crippen molar-refractivity contribution in [3.8, 4) is 45.3 Å². The highest BCUT2D eigenvalue weighted by atomic mass is 16.3. The summed E-state index contributed by atoms with van der Waals surface area (Å²) >= 11 is 0. The van der Waals surface area contributed by atoms with Crippen LogP contribution in [0.2, 0.25) is 0 Å². The highest BCUT2D eigenvalue weighted by molar-refractivity contribution is 6.70. The van der Waals surface area contributed by atoms with E-state index in [1.165, 1.54) is 86.9 Å². The molecule has 10 aromatic rings. The first-order chi connectivity index (χ1) is 28.4. The molecular formula is C45H37B10N3O. The molecule has 0 aliphatic heterocycles. The van der Waals surface area contributed by atoms with E-state index in [1.807, 2.05) is 0 Å². The molecule has 268 valence electrons. The number of furan rings is 1. The molecule has 0 radical (unpaired) electrons. The first-order valence-electron chi connectivity index (χ1n) is 20.6. The summed E-state index contributed by atoms with van der Waals surface area (Å²) in [7, 11) is 22.0. The fourth-order valence-corrected chi connectivity index (χ4v) is 9.68. The minimum atomic E-state index is 0.630. The summed E-state index contributed by atoms with van der Waals surface area (Å²) in [6.07, 6.45) is 0. The van der Waals surface area contributed by atoms with Crippen LogP contribution >= 0.6 is 0 Å². The standard InChI is InChI=1S/C45H37B10N3O/c46-33-31(34(47)38(51)41(54)37(33)50)44-56-43(57-45(58-44)32-35(48)39(52)42(55)40(53)36(32)49)19-13-15-26-29(17-19)59-28-11-5-10-20(30(26)28)18-12-14-25-23-8-2-1-6-21(23)22-7-3-4-9-24(22)27(25)16-18/h1-17H,46-55H2. The molecule has 0 unspecified atom stereocenters. The Labute approximate surface area is 353 Å². The van der Waals surface area contributed by atoms with Crippen molar-refractivity contribution in [3.05, 3.63) is 103 Å². The van der Waals surface area contributed by atoms with Crippen LogP contribution in [0.25, 0.3) is 99.5 Å². The van der Waals surface area contributed by atoms with Crippen LogP contribution in [0.15, 0.2) is 108 Å². The summed E-state index contributed by atoms with van der Waals surface area (Å²) in [5, 5.41) is 9.75. The first-order valence-corrected chi connectivity index (χ1v) is 20.6. The summed E-state index contributed by atoms with van der Waals surface area (Å²) in [4.78, 5) is 15.9. The second-order valence-electron chi connectivity index (χ2n) is 16.6. The molecule has 0 fully saturated rings. The number of rotatable bonds is 4. The Morgan fingerprint density at radius 1 is 0.322 bits per heavy atom. The number of benzene rings is 8. The lowest BCUT2D eigenvalue weighted by atomic mass is 9.60. The lowest BCUT2D eigenvalue weighted by molar-refractivity contribution is 0.669. The summed E-state index contributed by atoms with van der Waals surface area (Å²) < 4.78 is 6.72. The van der Waals surface area contributed by atoms with Crippen LogP contribution in [0.1, 0.15) is 0 Å². The number of hydrogen-bond acceptors (Lipinski definition) is 4. The van der Waals surface area contributed by atoms with E-state index >= 15 is 0 Å². The van der Waals surface area contributed by atoms with Crippen LogP contribution in [0.3, 0.4) is 0 Å². The molecule has 2 aromatic heterocycles. The van der Waals surface area contributed by atoms with Gasteiger partial charge in [0.15, 0.2) is 17.5 Å². The Bertz CT molecular complexity index is 3300. The molecule has 4 nitrogen and oxygen atoms in total. The maximum atomic E-state index is 6.72. The molecule has 0 spiro atoms. The fraction of sp³-hybridized carbons (Fsp3) is 0. The van der Waals surface area contributed by atoms with Crippen molar-refractivity contribution in [1.29, 1.82) is 0 Å². The van der Waals surface area contributed by atoms with Gasteiger partial charge in [-0.25, -0.2) is 15.0 Å². The van der Waals surface area contributed by atoms with Gasteiger partial charge in [0.05, 0.1) is 0 Å². The largest absolute Gasteiger partial charge is 0.456 e. The maximum Gasteiger partial charge on any atom is 0.164 e. The van der Waals surface area contributed by atoms with E-state index in [-0.39, 0.29) is 0 Å². The Morgan fingerprint density at radius 2 is 0.746 bits per heavy atom.